The van der Waals surface area contributed by atoms with Gasteiger partial charge in [-0.05, 0) is 35.7 Å². The maximum Gasteiger partial charge on any atom is 0.110 e. The smallest absolute Gasteiger partial charge is 0.110 e. The molecule has 4 aromatic rings. The summed E-state index contributed by atoms with van der Waals surface area (Å²) < 4.78 is 2.24. The van der Waals surface area contributed by atoms with Gasteiger partial charge < -0.3 is 4.57 Å². The molecule has 0 atom stereocenters. The molecule has 1 heterocycles. The number of nitriles is 1. The van der Waals surface area contributed by atoms with Crippen molar-refractivity contribution >= 4 is 11.0 Å². The molecular formula is C23H19N3. The summed E-state index contributed by atoms with van der Waals surface area (Å²) in [5.74, 6) is 1.06. The quantitative estimate of drug-likeness (QED) is 0.528. The number of hydrogen-bond donors (Lipinski definition) is 0. The van der Waals surface area contributed by atoms with Gasteiger partial charge in [0, 0.05) is 13.0 Å². The zero-order valence-electron chi connectivity index (χ0n) is 14.5. The molecule has 26 heavy (non-hydrogen) atoms. The van der Waals surface area contributed by atoms with Gasteiger partial charge in [-0.1, -0.05) is 60.7 Å². The second kappa shape index (κ2) is 7.25. The summed E-state index contributed by atoms with van der Waals surface area (Å²) in [6, 6.07) is 28.8. The van der Waals surface area contributed by atoms with Gasteiger partial charge in [0.05, 0.1) is 22.7 Å². The number of aromatic nitrogens is 2. The topological polar surface area (TPSA) is 41.6 Å². The summed E-state index contributed by atoms with van der Waals surface area (Å²) in [7, 11) is 0. The Bertz CT molecular complexity index is 1060. The minimum Gasteiger partial charge on any atom is -0.323 e. The van der Waals surface area contributed by atoms with Crippen LogP contribution in [0.4, 0.5) is 0 Å². The molecule has 0 aliphatic rings. The molecular weight excluding hydrogens is 318 g/mol. The summed E-state index contributed by atoms with van der Waals surface area (Å²) in [6.07, 6.45) is 1.82. The first kappa shape index (κ1) is 16.1. The Labute approximate surface area is 153 Å². The van der Waals surface area contributed by atoms with Crippen molar-refractivity contribution in [3.63, 3.8) is 0 Å². The van der Waals surface area contributed by atoms with Gasteiger partial charge in [-0.3, -0.25) is 0 Å². The van der Waals surface area contributed by atoms with Crippen LogP contribution in [0.15, 0.2) is 78.9 Å². The molecule has 0 saturated carbocycles. The molecule has 0 amide bonds. The van der Waals surface area contributed by atoms with E-state index in [4.69, 9.17) is 4.98 Å². The van der Waals surface area contributed by atoms with E-state index in [1.54, 1.807) is 0 Å². The Hall–Kier alpha value is -3.38. The van der Waals surface area contributed by atoms with E-state index < -0.39 is 0 Å². The fraction of sp³-hybridized carbons (Fsp3) is 0.130. The first-order chi connectivity index (χ1) is 12.8. The van der Waals surface area contributed by atoms with E-state index in [1.165, 1.54) is 11.1 Å². The first-order valence-electron chi connectivity index (χ1n) is 8.80. The first-order valence-corrected chi connectivity index (χ1v) is 8.80. The third-order valence-corrected chi connectivity index (χ3v) is 4.62. The molecule has 0 spiro atoms. The minimum atomic E-state index is 0.668. The summed E-state index contributed by atoms with van der Waals surface area (Å²) in [5.41, 5.74) is 5.18. The van der Waals surface area contributed by atoms with Gasteiger partial charge in [-0.25, -0.2) is 4.98 Å². The van der Waals surface area contributed by atoms with Crippen LogP contribution in [-0.4, -0.2) is 9.55 Å². The highest BCUT2D eigenvalue weighted by atomic mass is 15.1. The highest BCUT2D eigenvalue weighted by Crippen LogP contribution is 2.21. The average molecular weight is 337 g/mol. The summed E-state index contributed by atoms with van der Waals surface area (Å²) >= 11 is 0. The van der Waals surface area contributed by atoms with Crippen LogP contribution in [0.3, 0.4) is 0 Å². The van der Waals surface area contributed by atoms with Gasteiger partial charge in [0.15, 0.2) is 0 Å². The summed E-state index contributed by atoms with van der Waals surface area (Å²) in [5, 5.41) is 9.26. The lowest BCUT2D eigenvalue weighted by Crippen LogP contribution is -2.06. The number of aryl methyl sites for hydroxylation is 2. The predicted molar refractivity (Wildman–Crippen MR) is 104 cm³/mol. The van der Waals surface area contributed by atoms with Crippen molar-refractivity contribution < 1.29 is 0 Å². The Morgan fingerprint density at radius 2 is 1.50 bits per heavy atom. The Morgan fingerprint density at radius 1 is 0.808 bits per heavy atom. The molecule has 126 valence electrons. The molecule has 4 rings (SSSR count). The normalized spacial score (nSPS) is 10.7. The van der Waals surface area contributed by atoms with Crippen molar-refractivity contribution in [3.8, 4) is 6.07 Å². The van der Waals surface area contributed by atoms with Gasteiger partial charge in [0.2, 0.25) is 0 Å². The van der Waals surface area contributed by atoms with Gasteiger partial charge >= 0.3 is 0 Å². The average Bonchev–Trinajstić information content (AvgIpc) is 3.04. The number of hydrogen-bond acceptors (Lipinski definition) is 2. The molecule has 0 unspecified atom stereocenters. The van der Waals surface area contributed by atoms with Crippen molar-refractivity contribution in [1.82, 2.24) is 9.55 Å². The number of rotatable bonds is 5. The van der Waals surface area contributed by atoms with E-state index in [0.29, 0.717) is 5.56 Å². The third kappa shape index (κ3) is 3.36. The molecule has 3 nitrogen and oxygen atoms in total. The molecule has 0 aliphatic carbocycles. The number of benzene rings is 3. The number of fused-ring (bicyclic) bond motifs is 1. The molecule has 0 saturated heterocycles. The van der Waals surface area contributed by atoms with Crippen molar-refractivity contribution in [2.24, 2.45) is 0 Å². The maximum absolute atomic E-state index is 9.26. The number of imidazole rings is 1. The molecule has 0 aliphatic heterocycles. The van der Waals surface area contributed by atoms with Crippen molar-refractivity contribution in [1.29, 1.82) is 5.26 Å². The summed E-state index contributed by atoms with van der Waals surface area (Å²) in [4.78, 5) is 4.85. The van der Waals surface area contributed by atoms with Crippen molar-refractivity contribution in [3.05, 3.63) is 101 Å². The van der Waals surface area contributed by atoms with Crippen LogP contribution < -0.4 is 0 Å². The van der Waals surface area contributed by atoms with Gasteiger partial charge in [0.1, 0.15) is 5.82 Å². The zero-order chi connectivity index (χ0) is 17.8. The molecule has 0 radical (unpaired) electrons. The van der Waals surface area contributed by atoms with Gasteiger partial charge in [-0.15, -0.1) is 0 Å². The van der Waals surface area contributed by atoms with E-state index in [2.05, 4.69) is 59.2 Å². The van der Waals surface area contributed by atoms with Crippen molar-refractivity contribution in [2.75, 3.05) is 0 Å². The van der Waals surface area contributed by atoms with E-state index in [-0.39, 0.29) is 0 Å². The van der Waals surface area contributed by atoms with Crippen LogP contribution >= 0.6 is 0 Å². The van der Waals surface area contributed by atoms with Crippen LogP contribution in [0.2, 0.25) is 0 Å². The second-order valence-corrected chi connectivity index (χ2v) is 6.40. The van der Waals surface area contributed by atoms with E-state index >= 15 is 0 Å². The minimum absolute atomic E-state index is 0.668. The van der Waals surface area contributed by atoms with Crippen LogP contribution in [-0.2, 0) is 19.4 Å². The predicted octanol–water partition coefficient (Wildman–Crippen LogP) is 4.74. The molecule has 0 N–H and O–H groups in total. The monoisotopic (exact) mass is 337 g/mol. The standard InChI is InChI=1S/C23H19N3/c24-16-20-11-13-21-22(15-20)26(17-19-9-5-2-6-10-19)23(25-21)14-12-18-7-3-1-4-8-18/h1-11,13,15H,12,14,17H2. The third-order valence-electron chi connectivity index (χ3n) is 4.62. The largest absolute Gasteiger partial charge is 0.323 e. The van der Waals surface area contributed by atoms with Crippen LogP contribution in [0, 0.1) is 11.3 Å². The molecule has 1 aromatic heterocycles. The van der Waals surface area contributed by atoms with Gasteiger partial charge in [0.25, 0.3) is 0 Å². The highest BCUT2D eigenvalue weighted by molar-refractivity contribution is 5.78. The SMILES string of the molecule is N#Cc1ccc2nc(CCc3ccccc3)n(Cc3ccccc3)c2c1. The van der Waals surface area contributed by atoms with Crippen molar-refractivity contribution in [2.45, 2.75) is 19.4 Å². The molecule has 0 fully saturated rings. The fourth-order valence-electron chi connectivity index (χ4n) is 3.28. The second-order valence-electron chi connectivity index (χ2n) is 6.40. The lowest BCUT2D eigenvalue weighted by Gasteiger charge is -2.10. The molecule has 3 aromatic carbocycles. The zero-order valence-corrected chi connectivity index (χ0v) is 14.5. The van der Waals surface area contributed by atoms with Crippen LogP contribution in [0.5, 0.6) is 0 Å². The van der Waals surface area contributed by atoms with E-state index in [9.17, 15) is 5.26 Å². The Kier molecular flexibility index (Phi) is 4.49. The lowest BCUT2D eigenvalue weighted by molar-refractivity contribution is 0.730. The molecule has 3 heteroatoms. The summed E-state index contributed by atoms with van der Waals surface area (Å²) in [6.45, 7) is 0.760. The number of nitrogens with zero attached hydrogens (tertiary/aromatic N) is 3. The van der Waals surface area contributed by atoms with E-state index in [0.717, 1.165) is 36.2 Å². The van der Waals surface area contributed by atoms with Gasteiger partial charge in [-0.2, -0.15) is 5.26 Å². The fourth-order valence-corrected chi connectivity index (χ4v) is 3.28. The molecule has 0 bridgehead atoms. The maximum atomic E-state index is 9.26. The Morgan fingerprint density at radius 3 is 2.19 bits per heavy atom. The Balaban J connectivity index is 1.73. The van der Waals surface area contributed by atoms with E-state index in [1.807, 2.05) is 30.3 Å². The lowest BCUT2D eigenvalue weighted by atomic mass is 10.1. The highest BCUT2D eigenvalue weighted by Gasteiger charge is 2.12. The van der Waals surface area contributed by atoms with Crippen LogP contribution in [0.25, 0.3) is 11.0 Å². The van der Waals surface area contributed by atoms with Crippen LogP contribution in [0.1, 0.15) is 22.5 Å².